The molecule has 0 aromatic heterocycles. The van der Waals surface area contributed by atoms with Crippen molar-refractivity contribution in [1.29, 1.82) is 0 Å². The molecule has 1 heterocycles. The molecular weight excluding hydrogens is 288 g/mol. The van der Waals surface area contributed by atoms with Crippen LogP contribution in [0.2, 0.25) is 5.02 Å². The molecule has 3 rings (SSSR count). The van der Waals surface area contributed by atoms with E-state index in [1.807, 2.05) is 12.1 Å². The molecule has 0 amide bonds. The summed E-state index contributed by atoms with van der Waals surface area (Å²) in [5.74, 6) is 1.79. The van der Waals surface area contributed by atoms with Crippen molar-refractivity contribution in [3.63, 3.8) is 0 Å². The molecule has 1 saturated heterocycles. The van der Waals surface area contributed by atoms with E-state index >= 15 is 0 Å². The van der Waals surface area contributed by atoms with Crippen LogP contribution in [0.5, 0.6) is 0 Å². The summed E-state index contributed by atoms with van der Waals surface area (Å²) in [6.07, 6.45) is 6.92. The summed E-state index contributed by atoms with van der Waals surface area (Å²) >= 11 is 11.4. The molecule has 2 fully saturated rings. The Bertz CT molecular complexity index is 517. The third-order valence-corrected chi connectivity index (χ3v) is 5.40. The summed E-state index contributed by atoms with van der Waals surface area (Å²) in [5.41, 5.74) is 7.64. The highest BCUT2D eigenvalue weighted by Gasteiger charge is 2.31. The van der Waals surface area contributed by atoms with Crippen molar-refractivity contribution in [1.82, 2.24) is 0 Å². The Morgan fingerprint density at radius 3 is 2.65 bits per heavy atom. The summed E-state index contributed by atoms with van der Waals surface area (Å²) in [4.78, 5) is 2.85. The van der Waals surface area contributed by atoms with Crippen LogP contribution in [0.15, 0.2) is 18.2 Å². The van der Waals surface area contributed by atoms with Crippen LogP contribution in [0.1, 0.15) is 37.7 Å². The maximum absolute atomic E-state index is 6.43. The second-order valence-corrected chi connectivity index (χ2v) is 6.92. The lowest BCUT2D eigenvalue weighted by atomic mass is 9.75. The van der Waals surface area contributed by atoms with Crippen molar-refractivity contribution in [3.05, 3.63) is 28.8 Å². The van der Waals surface area contributed by atoms with Gasteiger partial charge in [0, 0.05) is 18.7 Å². The number of benzene rings is 1. The number of thiocarbonyl (C=S) groups is 1. The molecule has 2 nitrogen and oxygen atoms in total. The number of piperidine rings is 1. The summed E-state index contributed by atoms with van der Waals surface area (Å²) < 4.78 is 0. The van der Waals surface area contributed by atoms with E-state index in [4.69, 9.17) is 29.6 Å². The van der Waals surface area contributed by atoms with Crippen LogP contribution in [-0.4, -0.2) is 18.1 Å². The lowest BCUT2D eigenvalue weighted by molar-refractivity contribution is 0.202. The fourth-order valence-electron chi connectivity index (χ4n) is 3.74. The van der Waals surface area contributed by atoms with Gasteiger partial charge in [0.1, 0.15) is 4.99 Å². The van der Waals surface area contributed by atoms with Crippen LogP contribution in [-0.2, 0) is 0 Å². The van der Waals surface area contributed by atoms with Crippen molar-refractivity contribution >= 4 is 34.5 Å². The predicted molar refractivity (Wildman–Crippen MR) is 89.6 cm³/mol. The fraction of sp³-hybridized carbons (Fsp3) is 0.562. The smallest absolute Gasteiger partial charge is 0.104 e. The summed E-state index contributed by atoms with van der Waals surface area (Å²) in [5, 5.41) is 0.768. The highest BCUT2D eigenvalue weighted by atomic mass is 35.5. The molecule has 20 heavy (non-hydrogen) atoms. The first-order chi connectivity index (χ1) is 9.65. The molecule has 2 unspecified atom stereocenters. The first-order valence-corrected chi connectivity index (χ1v) is 8.28. The minimum Gasteiger partial charge on any atom is -0.389 e. The van der Waals surface area contributed by atoms with Gasteiger partial charge in [-0.15, -0.1) is 0 Å². The lowest BCUT2D eigenvalue weighted by Crippen LogP contribution is -2.41. The molecule has 1 aromatic rings. The van der Waals surface area contributed by atoms with Gasteiger partial charge in [0.15, 0.2) is 0 Å². The largest absolute Gasteiger partial charge is 0.389 e. The van der Waals surface area contributed by atoms with Crippen molar-refractivity contribution in [2.24, 2.45) is 17.6 Å². The normalized spacial score (nSPS) is 26.1. The molecule has 0 radical (unpaired) electrons. The van der Waals surface area contributed by atoms with Crippen LogP contribution in [0.4, 0.5) is 5.69 Å². The van der Waals surface area contributed by atoms with E-state index in [1.54, 1.807) is 0 Å². The van der Waals surface area contributed by atoms with E-state index in [1.165, 1.54) is 32.1 Å². The van der Waals surface area contributed by atoms with Gasteiger partial charge in [-0.25, -0.2) is 0 Å². The first kappa shape index (κ1) is 14.2. The second-order valence-electron chi connectivity index (χ2n) is 6.07. The summed E-state index contributed by atoms with van der Waals surface area (Å²) in [6.45, 7) is 2.27. The van der Waals surface area contributed by atoms with Crippen molar-refractivity contribution in [2.45, 2.75) is 32.1 Å². The van der Waals surface area contributed by atoms with Crippen LogP contribution in [0.25, 0.3) is 0 Å². The zero-order valence-corrected chi connectivity index (χ0v) is 13.2. The zero-order valence-electron chi connectivity index (χ0n) is 11.6. The monoisotopic (exact) mass is 308 g/mol. The van der Waals surface area contributed by atoms with Gasteiger partial charge < -0.3 is 10.6 Å². The molecule has 0 bridgehead atoms. The average Bonchev–Trinajstić information content (AvgIpc) is 2.46. The third-order valence-electron chi connectivity index (χ3n) is 4.86. The summed E-state index contributed by atoms with van der Waals surface area (Å²) in [7, 11) is 0. The number of hydrogen-bond donors (Lipinski definition) is 1. The number of rotatable bonds is 2. The Kier molecular flexibility index (Phi) is 4.18. The molecule has 1 aromatic carbocycles. The lowest BCUT2D eigenvalue weighted by Gasteiger charge is -2.42. The number of halogens is 1. The number of nitrogens with two attached hydrogens (primary N) is 1. The van der Waals surface area contributed by atoms with E-state index in [0.29, 0.717) is 4.99 Å². The molecule has 0 spiro atoms. The first-order valence-electron chi connectivity index (χ1n) is 7.49. The second kappa shape index (κ2) is 5.90. The minimum absolute atomic E-state index is 0.407. The molecular formula is C16H21ClN2S. The SMILES string of the molecule is NC(=S)c1ccc(N2CCC3CCCCC3C2)c(Cl)c1. The van der Waals surface area contributed by atoms with Gasteiger partial charge in [-0.1, -0.05) is 43.1 Å². The van der Waals surface area contributed by atoms with Crippen molar-refractivity contribution in [2.75, 3.05) is 18.0 Å². The number of anilines is 1. The highest BCUT2D eigenvalue weighted by Crippen LogP contribution is 2.39. The van der Waals surface area contributed by atoms with E-state index < -0.39 is 0 Å². The van der Waals surface area contributed by atoms with Gasteiger partial charge in [0.2, 0.25) is 0 Å². The predicted octanol–water partition coefficient (Wildman–Crippen LogP) is 3.99. The van der Waals surface area contributed by atoms with Crippen LogP contribution >= 0.6 is 23.8 Å². The van der Waals surface area contributed by atoms with E-state index in [2.05, 4.69) is 11.0 Å². The molecule has 1 saturated carbocycles. The van der Waals surface area contributed by atoms with Gasteiger partial charge >= 0.3 is 0 Å². The molecule has 1 aliphatic heterocycles. The van der Waals surface area contributed by atoms with E-state index in [-0.39, 0.29) is 0 Å². The molecule has 2 aliphatic rings. The van der Waals surface area contributed by atoms with E-state index in [0.717, 1.165) is 41.2 Å². The van der Waals surface area contributed by atoms with Gasteiger partial charge in [-0.05, 0) is 42.9 Å². The number of nitrogens with zero attached hydrogens (tertiary/aromatic N) is 1. The summed E-state index contributed by atoms with van der Waals surface area (Å²) in [6, 6.07) is 5.95. The molecule has 108 valence electrons. The maximum Gasteiger partial charge on any atom is 0.104 e. The van der Waals surface area contributed by atoms with E-state index in [9.17, 15) is 0 Å². The Morgan fingerprint density at radius 1 is 1.20 bits per heavy atom. The van der Waals surface area contributed by atoms with Crippen LogP contribution in [0, 0.1) is 11.8 Å². The van der Waals surface area contributed by atoms with Crippen LogP contribution in [0.3, 0.4) is 0 Å². The van der Waals surface area contributed by atoms with Crippen molar-refractivity contribution < 1.29 is 0 Å². The quantitative estimate of drug-likeness (QED) is 0.838. The highest BCUT2D eigenvalue weighted by molar-refractivity contribution is 7.80. The Labute approximate surface area is 131 Å². The van der Waals surface area contributed by atoms with Gasteiger partial charge in [0.25, 0.3) is 0 Å². The van der Waals surface area contributed by atoms with Gasteiger partial charge in [-0.3, -0.25) is 0 Å². The van der Waals surface area contributed by atoms with Crippen molar-refractivity contribution in [3.8, 4) is 0 Å². The Hall–Kier alpha value is -0.800. The molecule has 1 aliphatic carbocycles. The molecule has 4 heteroatoms. The maximum atomic E-state index is 6.43. The average molecular weight is 309 g/mol. The Morgan fingerprint density at radius 2 is 1.95 bits per heavy atom. The molecule has 2 N–H and O–H groups in total. The topological polar surface area (TPSA) is 29.3 Å². The van der Waals surface area contributed by atoms with Gasteiger partial charge in [0.05, 0.1) is 10.7 Å². The molecule has 2 atom stereocenters. The number of fused-ring (bicyclic) bond motifs is 1. The van der Waals surface area contributed by atoms with Crippen LogP contribution < -0.4 is 10.6 Å². The third kappa shape index (κ3) is 2.79. The Balaban J connectivity index is 1.78. The standard InChI is InChI=1S/C16H21ClN2S/c17-14-9-12(16(18)20)5-6-15(14)19-8-7-11-3-1-2-4-13(11)10-19/h5-6,9,11,13H,1-4,7-8,10H2,(H2,18,20). The van der Waals surface area contributed by atoms with Gasteiger partial charge in [-0.2, -0.15) is 0 Å². The number of hydrogen-bond acceptors (Lipinski definition) is 2. The fourth-order valence-corrected chi connectivity index (χ4v) is 4.16. The zero-order chi connectivity index (χ0) is 14.1. The minimum atomic E-state index is 0.407.